The van der Waals surface area contributed by atoms with E-state index in [0.29, 0.717) is 6.42 Å². The van der Waals surface area contributed by atoms with Gasteiger partial charge in [0.2, 0.25) is 0 Å². The second kappa shape index (κ2) is 4.92. The predicted molar refractivity (Wildman–Crippen MR) is 64.7 cm³/mol. The van der Waals surface area contributed by atoms with Gasteiger partial charge in [0.05, 0.1) is 0 Å². The summed E-state index contributed by atoms with van der Waals surface area (Å²) in [4.78, 5) is 11.6. The molecule has 15 heavy (non-hydrogen) atoms. The topological polar surface area (TPSA) is 17.1 Å². The highest BCUT2D eigenvalue weighted by Crippen LogP contribution is 2.22. The third-order valence-corrected chi connectivity index (χ3v) is 2.85. The highest BCUT2D eigenvalue weighted by atomic mass is 16.1. The van der Waals surface area contributed by atoms with Crippen molar-refractivity contribution in [3.8, 4) is 0 Å². The molecule has 0 aliphatic carbocycles. The Bertz CT molecular complexity index is 400. The first-order valence-corrected chi connectivity index (χ1v) is 5.34. The lowest BCUT2D eigenvalue weighted by atomic mass is 9.95. The van der Waals surface area contributed by atoms with Gasteiger partial charge < -0.3 is 0 Å². The number of rotatable bonds is 3. The lowest BCUT2D eigenvalue weighted by molar-refractivity contribution is -0.115. The van der Waals surface area contributed by atoms with E-state index in [4.69, 9.17) is 0 Å². The van der Waals surface area contributed by atoms with Gasteiger partial charge in [0, 0.05) is 6.42 Å². The van der Waals surface area contributed by atoms with Crippen LogP contribution in [0.4, 0.5) is 0 Å². The monoisotopic (exact) mass is 202 g/mol. The maximum absolute atomic E-state index is 11.6. The van der Waals surface area contributed by atoms with E-state index in [-0.39, 0.29) is 5.78 Å². The summed E-state index contributed by atoms with van der Waals surface area (Å²) in [5.41, 5.74) is 4.38. The van der Waals surface area contributed by atoms with E-state index in [1.807, 2.05) is 32.9 Å². The largest absolute Gasteiger partial charge is 0.295 e. The molecule has 0 N–H and O–H groups in total. The van der Waals surface area contributed by atoms with Crippen LogP contribution < -0.4 is 0 Å². The highest BCUT2D eigenvalue weighted by Gasteiger charge is 2.08. The SMILES string of the molecule is CCC(=O)/C(C)=C(/C)c1ccccc1C. The van der Waals surface area contributed by atoms with Crippen LogP contribution in [0.15, 0.2) is 29.8 Å². The van der Waals surface area contributed by atoms with Gasteiger partial charge in [-0.25, -0.2) is 0 Å². The first-order valence-electron chi connectivity index (χ1n) is 5.34. The number of aryl methyl sites for hydroxylation is 1. The molecule has 0 heterocycles. The van der Waals surface area contributed by atoms with Gasteiger partial charge in [0.1, 0.15) is 0 Å². The summed E-state index contributed by atoms with van der Waals surface area (Å²) in [5.74, 6) is 0.232. The fourth-order valence-electron chi connectivity index (χ4n) is 1.67. The van der Waals surface area contributed by atoms with E-state index >= 15 is 0 Å². The maximum Gasteiger partial charge on any atom is 0.158 e. The number of hydrogen-bond donors (Lipinski definition) is 0. The molecule has 0 atom stereocenters. The molecule has 0 spiro atoms. The summed E-state index contributed by atoms with van der Waals surface area (Å²) >= 11 is 0. The molecule has 1 aromatic carbocycles. The highest BCUT2D eigenvalue weighted by molar-refractivity contribution is 6.01. The van der Waals surface area contributed by atoms with E-state index in [2.05, 4.69) is 19.1 Å². The molecule has 0 aromatic heterocycles. The molecule has 0 bridgehead atoms. The number of Topliss-reactive ketones (excluding diaryl/α,β-unsaturated/α-hetero) is 1. The van der Waals surface area contributed by atoms with Crippen molar-refractivity contribution in [1.29, 1.82) is 0 Å². The Hall–Kier alpha value is -1.37. The van der Waals surface area contributed by atoms with E-state index in [1.54, 1.807) is 0 Å². The van der Waals surface area contributed by atoms with Crippen LogP contribution in [0.2, 0.25) is 0 Å². The molecule has 0 saturated heterocycles. The zero-order chi connectivity index (χ0) is 11.4. The third-order valence-electron chi connectivity index (χ3n) is 2.85. The number of benzene rings is 1. The van der Waals surface area contributed by atoms with Gasteiger partial charge in [0.15, 0.2) is 5.78 Å². The molecule has 0 fully saturated rings. The molecule has 0 radical (unpaired) electrons. The molecule has 0 amide bonds. The summed E-state index contributed by atoms with van der Waals surface area (Å²) in [7, 11) is 0. The van der Waals surface area contributed by atoms with Gasteiger partial charge in [-0.2, -0.15) is 0 Å². The van der Waals surface area contributed by atoms with Crippen LogP contribution >= 0.6 is 0 Å². The molecule has 1 nitrogen and oxygen atoms in total. The summed E-state index contributed by atoms with van der Waals surface area (Å²) < 4.78 is 0. The number of carbonyl (C=O) groups excluding carboxylic acids is 1. The molecule has 80 valence electrons. The fourth-order valence-corrected chi connectivity index (χ4v) is 1.67. The number of carbonyl (C=O) groups is 1. The van der Waals surface area contributed by atoms with Crippen molar-refractivity contribution in [3.05, 3.63) is 41.0 Å². The average Bonchev–Trinajstić information content (AvgIpc) is 2.26. The Kier molecular flexibility index (Phi) is 3.84. The first kappa shape index (κ1) is 11.7. The summed E-state index contributed by atoms with van der Waals surface area (Å²) in [6.45, 7) is 7.90. The van der Waals surface area contributed by atoms with Crippen LogP contribution in [0, 0.1) is 6.92 Å². The van der Waals surface area contributed by atoms with Crippen molar-refractivity contribution in [2.24, 2.45) is 0 Å². The smallest absolute Gasteiger partial charge is 0.158 e. The number of hydrogen-bond acceptors (Lipinski definition) is 1. The van der Waals surface area contributed by atoms with E-state index in [9.17, 15) is 4.79 Å². The van der Waals surface area contributed by atoms with Crippen LogP contribution in [-0.4, -0.2) is 5.78 Å². The summed E-state index contributed by atoms with van der Waals surface area (Å²) in [6.07, 6.45) is 0.578. The first-order chi connectivity index (χ1) is 7.07. The lowest BCUT2D eigenvalue weighted by Gasteiger charge is -2.09. The van der Waals surface area contributed by atoms with Gasteiger partial charge in [-0.05, 0) is 43.0 Å². The molecular formula is C14H18O. The van der Waals surface area contributed by atoms with Crippen LogP contribution in [0.5, 0.6) is 0 Å². The second-order valence-corrected chi connectivity index (χ2v) is 3.84. The third kappa shape index (κ3) is 2.56. The molecule has 1 rings (SSSR count). The Morgan fingerprint density at radius 1 is 1.20 bits per heavy atom. The summed E-state index contributed by atoms with van der Waals surface area (Å²) in [5, 5.41) is 0. The van der Waals surface area contributed by atoms with Crippen LogP contribution in [0.25, 0.3) is 5.57 Å². The predicted octanol–water partition coefficient (Wildman–Crippen LogP) is 3.77. The molecule has 0 aliphatic rings. The van der Waals surface area contributed by atoms with Crippen LogP contribution in [-0.2, 0) is 4.79 Å². The number of ketones is 1. The van der Waals surface area contributed by atoms with Crippen molar-refractivity contribution >= 4 is 11.4 Å². The van der Waals surface area contributed by atoms with Crippen molar-refractivity contribution in [3.63, 3.8) is 0 Å². The normalized spacial score (nSPS) is 12.3. The van der Waals surface area contributed by atoms with E-state index < -0.39 is 0 Å². The van der Waals surface area contributed by atoms with Gasteiger partial charge >= 0.3 is 0 Å². The van der Waals surface area contributed by atoms with Crippen molar-refractivity contribution < 1.29 is 4.79 Å². The molecular weight excluding hydrogens is 184 g/mol. The van der Waals surface area contributed by atoms with Gasteiger partial charge in [-0.15, -0.1) is 0 Å². The fraction of sp³-hybridized carbons (Fsp3) is 0.357. The molecule has 0 saturated carbocycles. The minimum Gasteiger partial charge on any atom is -0.295 e. The van der Waals surface area contributed by atoms with Crippen molar-refractivity contribution in [1.82, 2.24) is 0 Å². The standard InChI is InChI=1S/C14H18O/c1-5-14(15)12(4)11(3)13-9-7-6-8-10(13)2/h6-9H,5H2,1-4H3/b12-11-. The average molecular weight is 202 g/mol. The zero-order valence-corrected chi connectivity index (χ0v) is 9.92. The molecule has 1 aromatic rings. The Morgan fingerprint density at radius 3 is 2.33 bits per heavy atom. The van der Waals surface area contributed by atoms with Gasteiger partial charge in [-0.3, -0.25) is 4.79 Å². The van der Waals surface area contributed by atoms with Crippen LogP contribution in [0.3, 0.4) is 0 Å². The molecule has 0 unspecified atom stereocenters. The van der Waals surface area contributed by atoms with Gasteiger partial charge in [-0.1, -0.05) is 31.2 Å². The van der Waals surface area contributed by atoms with E-state index in [1.165, 1.54) is 11.1 Å². The summed E-state index contributed by atoms with van der Waals surface area (Å²) in [6, 6.07) is 8.16. The minimum absolute atomic E-state index is 0.232. The molecule has 1 heteroatoms. The minimum atomic E-state index is 0.232. The van der Waals surface area contributed by atoms with Gasteiger partial charge in [0.25, 0.3) is 0 Å². The maximum atomic E-state index is 11.6. The second-order valence-electron chi connectivity index (χ2n) is 3.84. The Labute approximate surface area is 91.8 Å². The Balaban J connectivity index is 3.19. The van der Waals surface area contributed by atoms with Crippen molar-refractivity contribution in [2.45, 2.75) is 34.1 Å². The number of allylic oxidation sites excluding steroid dienone is 2. The van der Waals surface area contributed by atoms with E-state index in [0.717, 1.165) is 11.1 Å². The Morgan fingerprint density at radius 2 is 1.80 bits per heavy atom. The van der Waals surface area contributed by atoms with Crippen molar-refractivity contribution in [2.75, 3.05) is 0 Å². The zero-order valence-electron chi connectivity index (χ0n) is 9.92. The van der Waals surface area contributed by atoms with Crippen LogP contribution in [0.1, 0.15) is 38.3 Å². The quantitative estimate of drug-likeness (QED) is 0.682. The molecule has 0 aliphatic heterocycles. The lowest BCUT2D eigenvalue weighted by Crippen LogP contribution is -2.00.